The molecule has 2 aromatic heterocycles. The molecule has 6 N–H and O–H groups in total. The molecule has 2 rings (SSSR count). The number of aromatic amines is 2. The number of hydrogen-bond acceptors (Lipinski definition) is 6. The summed E-state index contributed by atoms with van der Waals surface area (Å²) in [6.07, 6.45) is 8.86. The number of carbonyl (C=O) groups is 4. The number of aliphatic carboxylic acids is 2. The molecular weight excluding hydrogens is 384 g/mol. The van der Waals surface area contributed by atoms with E-state index in [4.69, 9.17) is 10.2 Å². The van der Waals surface area contributed by atoms with Crippen LogP contribution in [0.2, 0.25) is 0 Å². The highest BCUT2D eigenvalue weighted by Gasteiger charge is 2.08. The number of hydrogen-bond donors (Lipinski definition) is 6. The second-order valence-corrected chi connectivity index (χ2v) is 5.54. The van der Waals surface area contributed by atoms with Gasteiger partial charge >= 0.3 is 11.9 Å². The van der Waals surface area contributed by atoms with Crippen LogP contribution >= 0.6 is 0 Å². The number of aromatic nitrogens is 4. The number of rotatable bonds is 10. The maximum absolute atomic E-state index is 11.6. The Morgan fingerprint density at radius 2 is 1.24 bits per heavy atom. The normalized spacial score (nSPS) is 10.1. The van der Waals surface area contributed by atoms with E-state index in [0.29, 0.717) is 38.1 Å². The topological polar surface area (TPSA) is 190 Å². The molecule has 2 aromatic rings. The molecule has 0 aliphatic carbocycles. The third-order valence-corrected chi connectivity index (χ3v) is 3.23. The summed E-state index contributed by atoms with van der Waals surface area (Å²) in [5.41, 5.74) is 1.89. The maximum Gasteiger partial charge on any atom is 0.328 e. The Bertz CT molecular complexity index is 734. The second kappa shape index (κ2) is 13.2. The maximum atomic E-state index is 11.6. The fraction of sp³-hybridized carbons (Fsp3) is 0.294. The Morgan fingerprint density at radius 3 is 1.55 bits per heavy atom. The van der Waals surface area contributed by atoms with Crippen LogP contribution in [0, 0.1) is 0 Å². The Balaban J connectivity index is 0.000000447. The fourth-order valence-corrected chi connectivity index (χ4v) is 1.93. The van der Waals surface area contributed by atoms with Gasteiger partial charge in [0.15, 0.2) is 0 Å². The van der Waals surface area contributed by atoms with Crippen LogP contribution in [-0.2, 0) is 32.0 Å². The Morgan fingerprint density at radius 1 is 0.828 bits per heavy atom. The first kappa shape index (κ1) is 23.1. The number of H-pyrrole nitrogens is 2. The molecule has 0 aromatic carbocycles. The average Bonchev–Trinajstić information content (AvgIpc) is 3.34. The van der Waals surface area contributed by atoms with E-state index in [1.807, 2.05) is 0 Å². The third-order valence-electron chi connectivity index (χ3n) is 3.23. The van der Waals surface area contributed by atoms with Crippen molar-refractivity contribution in [1.29, 1.82) is 0 Å². The lowest BCUT2D eigenvalue weighted by Gasteiger charge is -2.05. The summed E-state index contributed by atoms with van der Waals surface area (Å²) in [5.74, 6) is -3.08. The lowest BCUT2D eigenvalue weighted by molar-refractivity contribution is -0.134. The summed E-state index contributed by atoms with van der Waals surface area (Å²) in [6.45, 7) is 0.949. The van der Waals surface area contributed by atoms with E-state index in [-0.39, 0.29) is 18.2 Å². The zero-order valence-electron chi connectivity index (χ0n) is 15.4. The highest BCUT2D eigenvalue weighted by molar-refractivity contribution is 5.96. The van der Waals surface area contributed by atoms with Crippen molar-refractivity contribution in [2.75, 3.05) is 13.1 Å². The quantitative estimate of drug-likeness (QED) is 0.219. The van der Waals surface area contributed by atoms with Gasteiger partial charge in [0.25, 0.3) is 0 Å². The molecule has 12 heteroatoms. The van der Waals surface area contributed by atoms with Crippen molar-refractivity contribution in [3.63, 3.8) is 0 Å². The monoisotopic (exact) mass is 406 g/mol. The van der Waals surface area contributed by atoms with Crippen molar-refractivity contribution in [1.82, 2.24) is 30.6 Å². The molecule has 0 aliphatic heterocycles. The van der Waals surface area contributed by atoms with Crippen LogP contribution in [0.1, 0.15) is 17.8 Å². The van der Waals surface area contributed by atoms with Crippen LogP contribution in [0.25, 0.3) is 0 Å². The van der Waals surface area contributed by atoms with Gasteiger partial charge in [-0.1, -0.05) is 0 Å². The molecule has 2 heterocycles. The van der Waals surface area contributed by atoms with E-state index in [9.17, 15) is 19.2 Å². The van der Waals surface area contributed by atoms with Crippen molar-refractivity contribution < 1.29 is 29.4 Å². The predicted molar refractivity (Wildman–Crippen MR) is 99.6 cm³/mol. The molecule has 12 nitrogen and oxygen atoms in total. The highest BCUT2D eigenvalue weighted by Crippen LogP contribution is 1.92. The summed E-state index contributed by atoms with van der Waals surface area (Å²) in [7, 11) is 0. The first-order valence-electron chi connectivity index (χ1n) is 8.48. The van der Waals surface area contributed by atoms with Crippen molar-refractivity contribution in [3.05, 3.63) is 48.6 Å². The molecule has 0 fully saturated rings. The summed E-state index contributed by atoms with van der Waals surface area (Å²) in [6, 6.07) is 0. The molecule has 0 saturated heterocycles. The van der Waals surface area contributed by atoms with E-state index < -0.39 is 11.9 Å². The van der Waals surface area contributed by atoms with Crippen LogP contribution in [0.5, 0.6) is 0 Å². The number of nitrogens with one attached hydrogen (secondary N) is 4. The van der Waals surface area contributed by atoms with Gasteiger partial charge in [0.05, 0.1) is 12.7 Å². The standard InChI is InChI=1S/C13H18N6O2.C4H4O4/c20-12(16-3-1-10-6-14-8-18-10)5-13(21)17-4-2-11-7-15-9-19-11;5-3(6)1-2-4(7)8/h6-9H,1-5H2,(H,14,18)(H,15,19)(H,16,20)(H,17,21);1-2H,(H,5,6)(H,7,8)/b;2-1+. The first-order valence-corrected chi connectivity index (χ1v) is 8.48. The zero-order chi connectivity index (χ0) is 21.5. The minimum absolute atomic E-state index is 0.161. The fourth-order valence-electron chi connectivity index (χ4n) is 1.93. The van der Waals surface area contributed by atoms with Gasteiger partial charge < -0.3 is 30.8 Å². The lowest BCUT2D eigenvalue weighted by Crippen LogP contribution is -2.33. The van der Waals surface area contributed by atoms with Gasteiger partial charge in [0.2, 0.25) is 11.8 Å². The van der Waals surface area contributed by atoms with Gasteiger partial charge in [-0.15, -0.1) is 0 Å². The zero-order valence-corrected chi connectivity index (χ0v) is 15.4. The number of carboxylic acids is 2. The first-order chi connectivity index (χ1) is 13.9. The van der Waals surface area contributed by atoms with E-state index in [1.54, 1.807) is 25.0 Å². The highest BCUT2D eigenvalue weighted by atomic mass is 16.4. The predicted octanol–water partition coefficient (Wildman–Crippen LogP) is -0.748. The third kappa shape index (κ3) is 12.1. The van der Waals surface area contributed by atoms with Gasteiger partial charge in [0.1, 0.15) is 6.42 Å². The molecule has 0 atom stereocenters. The van der Waals surface area contributed by atoms with E-state index >= 15 is 0 Å². The lowest BCUT2D eigenvalue weighted by atomic mass is 10.3. The number of nitrogens with zero attached hydrogens (tertiary/aromatic N) is 2. The van der Waals surface area contributed by atoms with Gasteiger partial charge in [0, 0.05) is 61.9 Å². The van der Waals surface area contributed by atoms with E-state index in [0.717, 1.165) is 11.4 Å². The molecule has 0 saturated carbocycles. The SMILES string of the molecule is O=C(CC(=O)NCCc1cnc[nH]1)NCCc1cnc[nH]1.O=C(O)/C=C/C(=O)O. The van der Waals surface area contributed by atoms with Crippen LogP contribution < -0.4 is 10.6 Å². The number of amides is 2. The van der Waals surface area contributed by atoms with Crippen LogP contribution in [-0.4, -0.2) is 67.0 Å². The molecule has 29 heavy (non-hydrogen) atoms. The molecule has 0 spiro atoms. The second-order valence-electron chi connectivity index (χ2n) is 5.54. The number of carboxylic acid groups (broad SMARTS) is 2. The van der Waals surface area contributed by atoms with Crippen molar-refractivity contribution in [3.8, 4) is 0 Å². The van der Waals surface area contributed by atoms with Gasteiger partial charge in [-0.25, -0.2) is 19.6 Å². The average molecular weight is 406 g/mol. The molecule has 2 amide bonds. The number of carbonyl (C=O) groups excluding carboxylic acids is 2. The molecule has 0 radical (unpaired) electrons. The Kier molecular flexibility index (Phi) is 10.5. The van der Waals surface area contributed by atoms with E-state index in [1.165, 1.54) is 0 Å². The van der Waals surface area contributed by atoms with Gasteiger partial charge in [-0.3, -0.25) is 9.59 Å². The molecule has 156 valence electrons. The molecule has 0 unspecified atom stereocenters. The van der Waals surface area contributed by atoms with Crippen molar-refractivity contribution >= 4 is 23.8 Å². The van der Waals surface area contributed by atoms with Gasteiger partial charge in [-0.05, 0) is 0 Å². The smallest absolute Gasteiger partial charge is 0.328 e. The molecular formula is C17H22N6O6. The van der Waals surface area contributed by atoms with Gasteiger partial charge in [-0.2, -0.15) is 0 Å². The minimum atomic E-state index is -1.26. The van der Waals surface area contributed by atoms with Crippen LogP contribution in [0.4, 0.5) is 0 Å². The van der Waals surface area contributed by atoms with Crippen molar-refractivity contribution in [2.24, 2.45) is 0 Å². The summed E-state index contributed by atoms with van der Waals surface area (Å²) in [4.78, 5) is 55.9. The van der Waals surface area contributed by atoms with Crippen molar-refractivity contribution in [2.45, 2.75) is 19.3 Å². The largest absolute Gasteiger partial charge is 0.478 e. The summed E-state index contributed by atoms with van der Waals surface area (Å²) < 4.78 is 0. The molecule has 0 bridgehead atoms. The van der Waals surface area contributed by atoms with E-state index in [2.05, 4.69) is 30.6 Å². The summed E-state index contributed by atoms with van der Waals surface area (Å²) >= 11 is 0. The van der Waals surface area contributed by atoms with Crippen LogP contribution in [0.3, 0.4) is 0 Å². The Labute approximate surface area is 165 Å². The number of imidazole rings is 2. The summed E-state index contributed by atoms with van der Waals surface area (Å²) in [5, 5.41) is 21.0. The molecule has 0 aliphatic rings. The van der Waals surface area contributed by atoms with Crippen LogP contribution in [0.15, 0.2) is 37.2 Å². The minimum Gasteiger partial charge on any atom is -0.478 e. The Hall–Kier alpha value is -3.96.